The van der Waals surface area contributed by atoms with E-state index in [4.69, 9.17) is 9.47 Å². The van der Waals surface area contributed by atoms with Crippen LogP contribution in [0.1, 0.15) is 200 Å². The van der Waals surface area contributed by atoms with E-state index in [1.165, 1.54) is 70.6 Å². The van der Waals surface area contributed by atoms with E-state index in [0.29, 0.717) is 12.8 Å². The Hall–Kier alpha value is -3.15. The normalized spacial score (nSPS) is 20.5. The lowest BCUT2D eigenvalue weighted by atomic mass is 9.99. The number of aliphatic hydroxyl groups is 5. The van der Waals surface area contributed by atoms with E-state index in [1.54, 1.807) is 0 Å². The van der Waals surface area contributed by atoms with Crippen LogP contribution in [0.15, 0.2) is 109 Å². The van der Waals surface area contributed by atoms with Gasteiger partial charge in [0, 0.05) is 6.42 Å². The van der Waals surface area contributed by atoms with Gasteiger partial charge in [0.25, 0.3) is 0 Å². The molecular weight excluding hydrogens is 851 g/mol. The molecule has 0 radical (unpaired) electrons. The van der Waals surface area contributed by atoms with Crippen LogP contribution in [0.2, 0.25) is 0 Å². The first kappa shape index (κ1) is 62.9. The molecule has 1 aliphatic heterocycles. The van der Waals surface area contributed by atoms with Crippen LogP contribution in [0.4, 0.5) is 0 Å². The second-order valence-corrected chi connectivity index (χ2v) is 18.3. The molecule has 0 aromatic carbocycles. The van der Waals surface area contributed by atoms with Crippen LogP contribution in [0.25, 0.3) is 0 Å². The Labute approximate surface area is 415 Å². The molecule has 6 N–H and O–H groups in total. The van der Waals surface area contributed by atoms with Crippen LogP contribution in [0.5, 0.6) is 0 Å². The lowest BCUT2D eigenvalue weighted by Gasteiger charge is -2.40. The summed E-state index contributed by atoms with van der Waals surface area (Å²) in [6.07, 6.45) is 63.5. The maximum atomic E-state index is 12.9. The first-order valence-electron chi connectivity index (χ1n) is 27.1. The molecule has 0 bridgehead atoms. The number of allylic oxidation sites excluding steroid dienone is 18. The molecule has 1 aliphatic rings. The maximum Gasteiger partial charge on any atom is 0.220 e. The number of aliphatic hydroxyl groups excluding tert-OH is 5. The molecule has 0 spiro atoms. The summed E-state index contributed by atoms with van der Waals surface area (Å²) in [5.41, 5.74) is 0. The molecule has 1 amide bonds. The number of nitrogens with one attached hydrogen (secondary N) is 1. The van der Waals surface area contributed by atoms with Crippen molar-refractivity contribution in [1.29, 1.82) is 0 Å². The van der Waals surface area contributed by atoms with Gasteiger partial charge in [-0.05, 0) is 83.5 Å². The van der Waals surface area contributed by atoms with Crippen molar-refractivity contribution in [3.63, 3.8) is 0 Å². The van der Waals surface area contributed by atoms with Crippen molar-refractivity contribution in [3.8, 4) is 0 Å². The number of carbonyl (C=O) groups is 1. The third-order valence-corrected chi connectivity index (χ3v) is 12.1. The fourth-order valence-electron chi connectivity index (χ4n) is 7.86. The molecule has 7 unspecified atom stereocenters. The summed E-state index contributed by atoms with van der Waals surface area (Å²) in [6, 6.07) is -0.720. The van der Waals surface area contributed by atoms with Crippen LogP contribution in [0, 0.1) is 0 Å². The molecule has 1 rings (SSSR count). The fourth-order valence-corrected chi connectivity index (χ4v) is 7.86. The molecule has 388 valence electrons. The van der Waals surface area contributed by atoms with E-state index in [1.807, 2.05) is 0 Å². The Bertz CT molecular complexity index is 1430. The zero-order valence-electron chi connectivity index (χ0n) is 42.8. The molecule has 1 heterocycles. The zero-order valence-corrected chi connectivity index (χ0v) is 42.8. The first-order valence-corrected chi connectivity index (χ1v) is 27.1. The summed E-state index contributed by atoms with van der Waals surface area (Å²) >= 11 is 0. The predicted octanol–water partition coefficient (Wildman–Crippen LogP) is 13.0. The predicted molar refractivity (Wildman–Crippen MR) is 285 cm³/mol. The van der Waals surface area contributed by atoms with Crippen molar-refractivity contribution in [2.45, 2.75) is 243 Å². The lowest BCUT2D eigenvalue weighted by Crippen LogP contribution is -2.60. The monoisotopic (exact) mass is 950 g/mol. The van der Waals surface area contributed by atoms with E-state index in [0.717, 1.165) is 103 Å². The average molecular weight is 950 g/mol. The molecule has 68 heavy (non-hydrogen) atoms. The van der Waals surface area contributed by atoms with Gasteiger partial charge in [-0.25, -0.2) is 0 Å². The number of unbranched alkanes of at least 4 members (excludes halogenated alkanes) is 16. The highest BCUT2D eigenvalue weighted by Gasteiger charge is 2.44. The molecular formula is C59H99NO8. The van der Waals surface area contributed by atoms with Gasteiger partial charge in [-0.2, -0.15) is 0 Å². The highest BCUT2D eigenvalue weighted by molar-refractivity contribution is 5.76. The van der Waals surface area contributed by atoms with Crippen molar-refractivity contribution in [2.24, 2.45) is 0 Å². The summed E-state index contributed by atoms with van der Waals surface area (Å²) < 4.78 is 11.1. The minimum Gasteiger partial charge on any atom is -0.394 e. The Kier molecular flexibility index (Phi) is 43.9. The van der Waals surface area contributed by atoms with Gasteiger partial charge in [0.1, 0.15) is 24.4 Å². The number of ether oxygens (including phenoxy) is 2. The summed E-state index contributed by atoms with van der Waals surface area (Å²) in [7, 11) is 0. The van der Waals surface area contributed by atoms with Crippen LogP contribution in [-0.2, 0) is 14.3 Å². The minimum absolute atomic E-state index is 0.146. The second-order valence-electron chi connectivity index (χ2n) is 18.3. The van der Waals surface area contributed by atoms with Gasteiger partial charge in [0.15, 0.2) is 6.29 Å². The van der Waals surface area contributed by atoms with Gasteiger partial charge in [0.05, 0.1) is 25.4 Å². The molecule has 9 heteroatoms. The average Bonchev–Trinajstić information content (AvgIpc) is 3.34. The van der Waals surface area contributed by atoms with Crippen molar-refractivity contribution in [1.82, 2.24) is 5.32 Å². The topological polar surface area (TPSA) is 149 Å². The molecule has 7 atom stereocenters. The molecule has 0 aliphatic carbocycles. The third kappa shape index (κ3) is 36.8. The SMILES string of the molecule is CC/C=C\C/C=C\C/C=C\C/C=C\C/C=C\C/C=C\C/C=C\C/C=C\C/C=C\CCCCCCCCCCCCCCCC(=O)NC(COC1OC(CO)C(O)C(O)C1O)C(O)CCCCCC. The van der Waals surface area contributed by atoms with Crippen LogP contribution >= 0.6 is 0 Å². The number of amides is 1. The number of rotatable bonds is 44. The van der Waals surface area contributed by atoms with Crippen LogP contribution in [-0.4, -0.2) is 87.5 Å². The van der Waals surface area contributed by atoms with E-state index < -0.39 is 49.5 Å². The third-order valence-electron chi connectivity index (χ3n) is 12.1. The molecule has 0 aromatic rings. The smallest absolute Gasteiger partial charge is 0.220 e. The molecule has 0 saturated carbocycles. The van der Waals surface area contributed by atoms with Crippen LogP contribution in [0.3, 0.4) is 0 Å². The van der Waals surface area contributed by atoms with Crippen LogP contribution < -0.4 is 5.32 Å². The fraction of sp³-hybridized carbons (Fsp3) is 0.678. The standard InChI is InChI=1S/C59H99NO8/c1-3-5-7-9-10-11-12-13-14-15-16-17-18-19-20-21-22-23-24-25-26-27-28-29-30-31-32-33-34-35-36-37-38-39-40-41-42-43-44-45-47-49-55(63)60-52(53(62)48-46-8-6-4-2)51-67-59-58(66)57(65)56(64)54(50-61)68-59/h5,7,10-11,13-14,16-17,19-20,22-23,25-26,28-29,31-32,52-54,56-59,61-62,64-66H,3-4,6,8-9,12,15,18,21,24,27,30,33-51H2,1-2H3,(H,60,63)/b7-5-,11-10-,14-13-,17-16-,20-19-,23-22-,26-25-,29-28-,32-31-. The molecule has 1 saturated heterocycles. The van der Waals surface area contributed by atoms with Gasteiger partial charge in [-0.15, -0.1) is 0 Å². The van der Waals surface area contributed by atoms with Gasteiger partial charge in [-0.3, -0.25) is 4.79 Å². The van der Waals surface area contributed by atoms with Crippen molar-refractivity contribution < 1.29 is 39.8 Å². The Morgan fingerprint density at radius 2 is 0.912 bits per heavy atom. The second kappa shape index (κ2) is 47.5. The number of hydrogen-bond donors (Lipinski definition) is 6. The Morgan fingerprint density at radius 1 is 0.515 bits per heavy atom. The zero-order chi connectivity index (χ0) is 49.4. The van der Waals surface area contributed by atoms with E-state index in [9.17, 15) is 30.3 Å². The molecule has 0 aromatic heterocycles. The summed E-state index contributed by atoms with van der Waals surface area (Å²) in [6.45, 7) is 3.58. The van der Waals surface area contributed by atoms with Gasteiger partial charge >= 0.3 is 0 Å². The van der Waals surface area contributed by atoms with E-state index >= 15 is 0 Å². The summed E-state index contributed by atoms with van der Waals surface area (Å²) in [5.74, 6) is -0.160. The quantitative estimate of drug-likeness (QED) is 0.0261. The highest BCUT2D eigenvalue weighted by Crippen LogP contribution is 2.23. The Balaban J connectivity index is 2.00. The molecule has 9 nitrogen and oxygen atoms in total. The summed E-state index contributed by atoms with van der Waals surface area (Å²) in [5, 5.41) is 53.8. The van der Waals surface area contributed by atoms with Gasteiger partial charge in [-0.1, -0.05) is 220 Å². The first-order chi connectivity index (χ1) is 33.3. The lowest BCUT2D eigenvalue weighted by molar-refractivity contribution is -0.302. The minimum atomic E-state index is -1.55. The van der Waals surface area contributed by atoms with Crippen molar-refractivity contribution in [3.05, 3.63) is 109 Å². The molecule has 1 fully saturated rings. The largest absolute Gasteiger partial charge is 0.394 e. The summed E-state index contributed by atoms with van der Waals surface area (Å²) in [4.78, 5) is 12.9. The van der Waals surface area contributed by atoms with E-state index in [-0.39, 0.29) is 12.5 Å². The maximum absolute atomic E-state index is 12.9. The van der Waals surface area contributed by atoms with Gasteiger partial charge < -0.3 is 40.3 Å². The highest BCUT2D eigenvalue weighted by atomic mass is 16.7. The number of hydrogen-bond acceptors (Lipinski definition) is 8. The van der Waals surface area contributed by atoms with Crippen molar-refractivity contribution in [2.75, 3.05) is 13.2 Å². The van der Waals surface area contributed by atoms with Crippen molar-refractivity contribution >= 4 is 5.91 Å². The Morgan fingerprint density at radius 3 is 1.34 bits per heavy atom. The van der Waals surface area contributed by atoms with Gasteiger partial charge in [0.2, 0.25) is 5.91 Å². The van der Waals surface area contributed by atoms with E-state index in [2.05, 4.69) is 129 Å². The number of carbonyl (C=O) groups excluding carboxylic acids is 1.